The second-order valence-electron chi connectivity index (χ2n) is 5.41. The third kappa shape index (κ3) is 3.81. The first-order valence-corrected chi connectivity index (χ1v) is 7.63. The van der Waals surface area contributed by atoms with Gasteiger partial charge in [-0.3, -0.25) is 14.6 Å². The molecule has 0 amide bonds. The first-order valence-electron chi connectivity index (χ1n) is 7.63. The SMILES string of the molecule is O=C(CC(=O)c1cccc(N2CCOCC2)c1)c1ccncc1. The molecule has 1 aromatic carbocycles. The molecule has 1 fully saturated rings. The Morgan fingerprint density at radius 1 is 1.00 bits per heavy atom. The lowest BCUT2D eigenvalue weighted by atomic mass is 10.0. The molecule has 0 radical (unpaired) electrons. The number of morpholine rings is 1. The van der Waals surface area contributed by atoms with Crippen molar-refractivity contribution in [1.29, 1.82) is 0 Å². The lowest BCUT2D eigenvalue weighted by molar-refractivity contribution is 0.0894. The van der Waals surface area contributed by atoms with Gasteiger partial charge in [0.2, 0.25) is 0 Å². The van der Waals surface area contributed by atoms with Gasteiger partial charge in [-0.1, -0.05) is 12.1 Å². The van der Waals surface area contributed by atoms with Crippen LogP contribution in [0.15, 0.2) is 48.8 Å². The van der Waals surface area contributed by atoms with Gasteiger partial charge in [0, 0.05) is 42.3 Å². The first-order chi connectivity index (χ1) is 11.2. The van der Waals surface area contributed by atoms with Gasteiger partial charge in [0.25, 0.3) is 0 Å². The van der Waals surface area contributed by atoms with Gasteiger partial charge >= 0.3 is 0 Å². The van der Waals surface area contributed by atoms with Crippen LogP contribution in [0.25, 0.3) is 0 Å². The fourth-order valence-electron chi connectivity index (χ4n) is 2.59. The average Bonchev–Trinajstić information content (AvgIpc) is 2.63. The topological polar surface area (TPSA) is 59.5 Å². The molecule has 0 spiro atoms. The summed E-state index contributed by atoms with van der Waals surface area (Å²) in [7, 11) is 0. The largest absolute Gasteiger partial charge is 0.378 e. The van der Waals surface area contributed by atoms with E-state index in [1.54, 1.807) is 30.6 Å². The molecule has 0 N–H and O–H groups in total. The number of hydrogen-bond donors (Lipinski definition) is 0. The van der Waals surface area contributed by atoms with E-state index in [1.807, 2.05) is 18.2 Å². The molecule has 1 aliphatic rings. The van der Waals surface area contributed by atoms with Crippen molar-refractivity contribution in [2.75, 3.05) is 31.2 Å². The third-order valence-electron chi connectivity index (χ3n) is 3.87. The molecule has 5 nitrogen and oxygen atoms in total. The summed E-state index contributed by atoms with van der Waals surface area (Å²) >= 11 is 0. The van der Waals surface area contributed by atoms with E-state index in [0.717, 1.165) is 18.8 Å². The molecule has 2 heterocycles. The fraction of sp³-hybridized carbons (Fsp3) is 0.278. The quantitative estimate of drug-likeness (QED) is 0.627. The average molecular weight is 310 g/mol. The molecule has 118 valence electrons. The second kappa shape index (κ2) is 7.15. The highest BCUT2D eigenvalue weighted by molar-refractivity contribution is 6.13. The predicted molar refractivity (Wildman–Crippen MR) is 87.0 cm³/mol. The summed E-state index contributed by atoms with van der Waals surface area (Å²) in [5.74, 6) is -0.351. The van der Waals surface area contributed by atoms with E-state index in [-0.39, 0.29) is 18.0 Å². The second-order valence-corrected chi connectivity index (χ2v) is 5.41. The van der Waals surface area contributed by atoms with Crippen LogP contribution in [-0.2, 0) is 4.74 Å². The van der Waals surface area contributed by atoms with Gasteiger partial charge in [-0.15, -0.1) is 0 Å². The number of carbonyl (C=O) groups excluding carboxylic acids is 2. The number of carbonyl (C=O) groups is 2. The highest BCUT2D eigenvalue weighted by Crippen LogP contribution is 2.19. The van der Waals surface area contributed by atoms with Crippen molar-refractivity contribution >= 4 is 17.3 Å². The Morgan fingerprint density at radius 2 is 1.70 bits per heavy atom. The molecule has 23 heavy (non-hydrogen) atoms. The van der Waals surface area contributed by atoms with Crippen molar-refractivity contribution in [3.05, 3.63) is 59.9 Å². The minimum atomic E-state index is -0.186. The Labute approximate surface area is 134 Å². The van der Waals surface area contributed by atoms with Crippen LogP contribution in [0.2, 0.25) is 0 Å². The summed E-state index contributed by atoms with van der Waals surface area (Å²) < 4.78 is 5.34. The summed E-state index contributed by atoms with van der Waals surface area (Å²) in [6.45, 7) is 3.01. The van der Waals surface area contributed by atoms with E-state index in [4.69, 9.17) is 4.74 Å². The third-order valence-corrected chi connectivity index (χ3v) is 3.87. The van der Waals surface area contributed by atoms with Gasteiger partial charge in [0.1, 0.15) is 0 Å². The summed E-state index contributed by atoms with van der Waals surface area (Å²) in [4.78, 5) is 30.6. The highest BCUT2D eigenvalue weighted by atomic mass is 16.5. The number of nitrogens with zero attached hydrogens (tertiary/aromatic N) is 2. The zero-order chi connectivity index (χ0) is 16.1. The van der Waals surface area contributed by atoms with E-state index < -0.39 is 0 Å². The number of anilines is 1. The Balaban J connectivity index is 1.71. The van der Waals surface area contributed by atoms with Crippen LogP contribution in [0.1, 0.15) is 27.1 Å². The molecular formula is C18H18N2O3. The van der Waals surface area contributed by atoms with Gasteiger partial charge in [0.15, 0.2) is 11.6 Å². The molecule has 5 heteroatoms. The Morgan fingerprint density at radius 3 is 2.43 bits per heavy atom. The lowest BCUT2D eigenvalue weighted by Gasteiger charge is -2.29. The van der Waals surface area contributed by atoms with Crippen LogP contribution in [0, 0.1) is 0 Å². The Bertz CT molecular complexity index is 694. The fourth-order valence-corrected chi connectivity index (χ4v) is 2.59. The van der Waals surface area contributed by atoms with E-state index >= 15 is 0 Å². The molecule has 0 bridgehead atoms. The number of Topliss-reactive ketones (excluding diaryl/α,β-unsaturated/α-hetero) is 2. The molecule has 0 atom stereocenters. The van der Waals surface area contributed by atoms with Crippen LogP contribution in [-0.4, -0.2) is 42.9 Å². The molecule has 1 saturated heterocycles. The normalized spacial score (nSPS) is 14.5. The van der Waals surface area contributed by atoms with E-state index in [1.165, 1.54) is 0 Å². The van der Waals surface area contributed by atoms with Crippen molar-refractivity contribution in [1.82, 2.24) is 4.98 Å². The van der Waals surface area contributed by atoms with E-state index in [9.17, 15) is 9.59 Å². The molecule has 0 unspecified atom stereocenters. The maximum Gasteiger partial charge on any atom is 0.170 e. The van der Waals surface area contributed by atoms with Gasteiger partial charge in [0.05, 0.1) is 19.6 Å². The zero-order valence-corrected chi connectivity index (χ0v) is 12.8. The van der Waals surface area contributed by atoms with Crippen LogP contribution >= 0.6 is 0 Å². The van der Waals surface area contributed by atoms with Crippen LogP contribution in [0.4, 0.5) is 5.69 Å². The maximum atomic E-state index is 12.4. The molecule has 1 aromatic heterocycles. The number of ketones is 2. The number of aromatic nitrogens is 1. The molecular weight excluding hydrogens is 292 g/mol. The highest BCUT2D eigenvalue weighted by Gasteiger charge is 2.16. The smallest absolute Gasteiger partial charge is 0.170 e. The van der Waals surface area contributed by atoms with E-state index in [2.05, 4.69) is 9.88 Å². The predicted octanol–water partition coefficient (Wildman–Crippen LogP) is 2.37. The van der Waals surface area contributed by atoms with Gasteiger partial charge in [-0.25, -0.2) is 0 Å². The molecule has 0 saturated carbocycles. The van der Waals surface area contributed by atoms with Crippen LogP contribution in [0.3, 0.4) is 0 Å². The molecule has 1 aliphatic heterocycles. The Kier molecular flexibility index (Phi) is 4.78. The summed E-state index contributed by atoms with van der Waals surface area (Å²) in [6, 6.07) is 10.7. The molecule has 3 rings (SSSR count). The monoisotopic (exact) mass is 310 g/mol. The minimum Gasteiger partial charge on any atom is -0.378 e. The van der Waals surface area contributed by atoms with Crippen molar-refractivity contribution in [2.45, 2.75) is 6.42 Å². The van der Waals surface area contributed by atoms with Crippen molar-refractivity contribution < 1.29 is 14.3 Å². The van der Waals surface area contributed by atoms with Crippen molar-refractivity contribution in [3.63, 3.8) is 0 Å². The molecule has 0 aliphatic carbocycles. The van der Waals surface area contributed by atoms with Gasteiger partial charge < -0.3 is 9.64 Å². The summed E-state index contributed by atoms with van der Waals surface area (Å²) in [5.41, 5.74) is 2.07. The van der Waals surface area contributed by atoms with Gasteiger partial charge in [-0.05, 0) is 24.3 Å². The zero-order valence-electron chi connectivity index (χ0n) is 12.8. The minimum absolute atomic E-state index is 0.128. The number of ether oxygens (including phenoxy) is 1. The Hall–Kier alpha value is -2.53. The van der Waals surface area contributed by atoms with Gasteiger partial charge in [-0.2, -0.15) is 0 Å². The number of pyridine rings is 1. The molecule has 2 aromatic rings. The van der Waals surface area contributed by atoms with Crippen LogP contribution < -0.4 is 4.90 Å². The summed E-state index contributed by atoms with van der Waals surface area (Å²) in [6.07, 6.45) is 2.98. The summed E-state index contributed by atoms with van der Waals surface area (Å²) in [5, 5.41) is 0. The lowest BCUT2D eigenvalue weighted by Crippen LogP contribution is -2.36. The van der Waals surface area contributed by atoms with Crippen LogP contribution in [0.5, 0.6) is 0 Å². The number of benzene rings is 1. The van der Waals surface area contributed by atoms with Crippen molar-refractivity contribution in [2.24, 2.45) is 0 Å². The van der Waals surface area contributed by atoms with Crippen molar-refractivity contribution in [3.8, 4) is 0 Å². The maximum absolute atomic E-state index is 12.4. The number of hydrogen-bond acceptors (Lipinski definition) is 5. The standard InChI is InChI=1S/C18H18N2O3/c21-17(14-4-6-19-7-5-14)13-18(22)15-2-1-3-16(12-15)20-8-10-23-11-9-20/h1-7,12H,8-11,13H2. The number of rotatable bonds is 5. The van der Waals surface area contributed by atoms with E-state index in [0.29, 0.717) is 24.3 Å². The first kappa shape index (κ1) is 15.4.